The van der Waals surface area contributed by atoms with E-state index in [-0.39, 0.29) is 26.4 Å². The number of nitrogens with one attached hydrogen (secondary N) is 1. The van der Waals surface area contributed by atoms with E-state index >= 15 is 0 Å². The van der Waals surface area contributed by atoms with Gasteiger partial charge in [0.25, 0.3) is 11.8 Å². The van der Waals surface area contributed by atoms with E-state index in [9.17, 15) is 14.0 Å². The van der Waals surface area contributed by atoms with Gasteiger partial charge in [0.2, 0.25) is 0 Å². The number of carbonyl (C=O) groups excluding carboxylic acids is 2. The number of benzene rings is 2. The molecule has 0 aromatic heterocycles. The van der Waals surface area contributed by atoms with Gasteiger partial charge in [0.05, 0.1) is 21.4 Å². The molecule has 0 saturated carbocycles. The van der Waals surface area contributed by atoms with Crippen molar-refractivity contribution in [1.82, 2.24) is 5.32 Å². The highest BCUT2D eigenvalue weighted by atomic mass is 35.5. The third-order valence-corrected chi connectivity index (χ3v) is 6.45. The highest BCUT2D eigenvalue weighted by Gasteiger charge is 2.36. The van der Waals surface area contributed by atoms with Crippen LogP contribution in [0.15, 0.2) is 35.9 Å². The van der Waals surface area contributed by atoms with Gasteiger partial charge in [-0.2, -0.15) is 0 Å². The van der Waals surface area contributed by atoms with Crippen LogP contribution in [0.25, 0.3) is 6.08 Å². The van der Waals surface area contributed by atoms with Crippen molar-refractivity contribution in [2.75, 3.05) is 22.9 Å². The summed E-state index contributed by atoms with van der Waals surface area (Å²) >= 11 is 17.5. The highest BCUT2D eigenvalue weighted by molar-refractivity contribution is 7.80. The third-order valence-electron chi connectivity index (χ3n) is 5.36. The summed E-state index contributed by atoms with van der Waals surface area (Å²) in [6.07, 6.45) is 3.43. The maximum Gasteiger partial charge on any atom is 0.270 e. The Bertz CT molecular complexity index is 1150. The second kappa shape index (κ2) is 8.57. The Labute approximate surface area is 194 Å². The standard InChI is InChI=1S/C22H18Cl2FN3O2S/c1-12-9-18(27-7-2-3-8-27)16(25)11-13(12)10-14-20(29)26-22(31)28(21(14)30)17-6-4-5-15(23)19(17)24/h4-6,9-11H,2-3,7-8H2,1H3,(H,26,29,31). The summed E-state index contributed by atoms with van der Waals surface area (Å²) < 4.78 is 14.8. The first-order valence-electron chi connectivity index (χ1n) is 9.68. The van der Waals surface area contributed by atoms with E-state index in [0.717, 1.165) is 36.4 Å². The van der Waals surface area contributed by atoms with E-state index in [0.29, 0.717) is 11.3 Å². The second-order valence-electron chi connectivity index (χ2n) is 7.39. The molecule has 2 saturated heterocycles. The average molecular weight is 478 g/mol. The van der Waals surface area contributed by atoms with Gasteiger partial charge in [0.15, 0.2) is 5.11 Å². The maximum atomic E-state index is 14.8. The van der Waals surface area contributed by atoms with Crippen molar-refractivity contribution in [2.24, 2.45) is 0 Å². The van der Waals surface area contributed by atoms with Gasteiger partial charge in [-0.1, -0.05) is 29.3 Å². The molecule has 0 atom stereocenters. The summed E-state index contributed by atoms with van der Waals surface area (Å²) in [4.78, 5) is 28.8. The minimum absolute atomic E-state index is 0.108. The van der Waals surface area contributed by atoms with Gasteiger partial charge in [-0.3, -0.25) is 19.8 Å². The summed E-state index contributed by atoms with van der Waals surface area (Å²) in [6.45, 7) is 3.43. The molecule has 5 nitrogen and oxygen atoms in total. The van der Waals surface area contributed by atoms with Crippen molar-refractivity contribution >= 4 is 69.8 Å². The van der Waals surface area contributed by atoms with Crippen molar-refractivity contribution in [3.05, 3.63) is 62.9 Å². The molecule has 2 aromatic carbocycles. The maximum absolute atomic E-state index is 14.8. The molecule has 0 spiro atoms. The molecule has 0 unspecified atom stereocenters. The first kappa shape index (κ1) is 21.7. The summed E-state index contributed by atoms with van der Waals surface area (Å²) in [5, 5.41) is 2.76. The molecule has 2 amide bonds. The van der Waals surface area contributed by atoms with Crippen LogP contribution >= 0.6 is 35.4 Å². The summed E-state index contributed by atoms with van der Waals surface area (Å²) in [5.74, 6) is -1.72. The number of rotatable bonds is 3. The van der Waals surface area contributed by atoms with Crippen molar-refractivity contribution in [3.8, 4) is 0 Å². The van der Waals surface area contributed by atoms with Crippen molar-refractivity contribution in [1.29, 1.82) is 0 Å². The second-order valence-corrected chi connectivity index (χ2v) is 8.56. The molecule has 2 aliphatic heterocycles. The molecule has 2 heterocycles. The van der Waals surface area contributed by atoms with Gasteiger partial charge < -0.3 is 4.90 Å². The zero-order valence-electron chi connectivity index (χ0n) is 16.5. The lowest BCUT2D eigenvalue weighted by atomic mass is 10.0. The number of nitrogens with zero attached hydrogens (tertiary/aromatic N) is 2. The normalized spacial score (nSPS) is 18.2. The van der Waals surface area contributed by atoms with Crippen molar-refractivity contribution < 1.29 is 14.0 Å². The van der Waals surface area contributed by atoms with Crippen LogP contribution in [0, 0.1) is 12.7 Å². The molecule has 160 valence electrons. The number of hydrogen-bond donors (Lipinski definition) is 1. The predicted molar refractivity (Wildman–Crippen MR) is 125 cm³/mol. The van der Waals surface area contributed by atoms with E-state index in [1.807, 2.05) is 11.8 Å². The lowest BCUT2D eigenvalue weighted by molar-refractivity contribution is -0.122. The molecule has 0 aliphatic carbocycles. The van der Waals surface area contributed by atoms with Gasteiger partial charge in [-0.15, -0.1) is 0 Å². The Hall–Kier alpha value is -2.48. The summed E-state index contributed by atoms with van der Waals surface area (Å²) in [6, 6.07) is 7.86. The minimum atomic E-state index is -0.665. The van der Waals surface area contributed by atoms with Gasteiger partial charge in [0, 0.05) is 13.1 Å². The lowest BCUT2D eigenvalue weighted by Crippen LogP contribution is -2.54. The van der Waals surface area contributed by atoms with Crippen molar-refractivity contribution in [3.63, 3.8) is 0 Å². The van der Waals surface area contributed by atoms with Gasteiger partial charge >= 0.3 is 0 Å². The number of carbonyl (C=O) groups is 2. The number of thiocarbonyl (C=S) groups is 1. The zero-order chi connectivity index (χ0) is 22.3. The van der Waals surface area contributed by atoms with Crippen molar-refractivity contribution in [2.45, 2.75) is 19.8 Å². The van der Waals surface area contributed by atoms with Crippen LogP contribution in [0.2, 0.25) is 10.0 Å². The molecule has 2 fully saturated rings. The van der Waals surface area contributed by atoms with Gasteiger partial charge in [0.1, 0.15) is 11.4 Å². The average Bonchev–Trinajstić information content (AvgIpc) is 3.25. The van der Waals surface area contributed by atoms with E-state index in [2.05, 4.69) is 5.32 Å². The first-order chi connectivity index (χ1) is 14.8. The van der Waals surface area contributed by atoms with E-state index in [4.69, 9.17) is 35.4 Å². The molecule has 0 bridgehead atoms. The van der Waals surface area contributed by atoms with E-state index in [1.54, 1.807) is 24.3 Å². The molecule has 1 N–H and O–H groups in total. The Morgan fingerprint density at radius 1 is 1.13 bits per heavy atom. The summed E-state index contributed by atoms with van der Waals surface area (Å²) in [7, 11) is 0. The molecular weight excluding hydrogens is 460 g/mol. The Morgan fingerprint density at radius 3 is 2.55 bits per heavy atom. The number of anilines is 2. The number of aryl methyl sites for hydroxylation is 1. The SMILES string of the molecule is Cc1cc(N2CCCC2)c(F)cc1C=C1C(=O)NC(=S)N(c2cccc(Cl)c2Cl)C1=O. The van der Waals surface area contributed by atoms with Crippen LogP contribution in [-0.4, -0.2) is 30.0 Å². The number of hydrogen-bond acceptors (Lipinski definition) is 4. The highest BCUT2D eigenvalue weighted by Crippen LogP contribution is 2.35. The smallest absolute Gasteiger partial charge is 0.270 e. The summed E-state index contributed by atoms with van der Waals surface area (Å²) in [5.41, 5.74) is 1.79. The van der Waals surface area contributed by atoms with Gasteiger partial charge in [-0.25, -0.2) is 4.39 Å². The quantitative estimate of drug-likeness (QED) is 0.389. The molecular formula is C22H18Cl2FN3O2S. The third kappa shape index (κ3) is 4.05. The van der Waals surface area contributed by atoms with Crippen LogP contribution < -0.4 is 15.1 Å². The molecule has 9 heteroatoms. The van der Waals surface area contributed by atoms with Crippen LogP contribution in [-0.2, 0) is 9.59 Å². The predicted octanol–water partition coefficient (Wildman–Crippen LogP) is 4.87. The fraction of sp³-hybridized carbons (Fsp3) is 0.227. The lowest BCUT2D eigenvalue weighted by Gasteiger charge is -2.29. The largest absolute Gasteiger partial charge is 0.369 e. The van der Waals surface area contributed by atoms with Crippen LogP contribution in [0.4, 0.5) is 15.8 Å². The number of halogens is 3. The Morgan fingerprint density at radius 2 is 1.84 bits per heavy atom. The van der Waals surface area contributed by atoms with Crippen LogP contribution in [0.1, 0.15) is 24.0 Å². The first-order valence-corrected chi connectivity index (χ1v) is 10.8. The van der Waals surface area contributed by atoms with E-state index < -0.39 is 17.6 Å². The molecule has 2 aromatic rings. The number of amides is 2. The van der Waals surface area contributed by atoms with Crippen LogP contribution in [0.3, 0.4) is 0 Å². The Kier molecular flexibility index (Phi) is 6.01. The molecule has 2 aliphatic rings. The topological polar surface area (TPSA) is 52.7 Å². The van der Waals surface area contributed by atoms with Crippen LogP contribution in [0.5, 0.6) is 0 Å². The monoisotopic (exact) mass is 477 g/mol. The molecule has 4 rings (SSSR count). The molecule has 31 heavy (non-hydrogen) atoms. The minimum Gasteiger partial charge on any atom is -0.369 e. The molecule has 0 radical (unpaired) electrons. The zero-order valence-corrected chi connectivity index (χ0v) is 18.9. The van der Waals surface area contributed by atoms with Gasteiger partial charge in [-0.05, 0) is 73.5 Å². The fourth-order valence-corrected chi connectivity index (χ4v) is 4.39. The fourth-order valence-electron chi connectivity index (χ4n) is 3.73. The van der Waals surface area contributed by atoms with E-state index in [1.165, 1.54) is 12.1 Å². The Balaban J connectivity index is 1.74.